The van der Waals surface area contributed by atoms with Gasteiger partial charge in [-0.05, 0) is 49.9 Å². The van der Waals surface area contributed by atoms with Gasteiger partial charge in [-0.3, -0.25) is 19.6 Å². The largest absolute Gasteiger partial charge is 0.497 e. The maximum atomic E-state index is 13.0. The van der Waals surface area contributed by atoms with E-state index in [4.69, 9.17) is 4.74 Å². The van der Waals surface area contributed by atoms with Gasteiger partial charge in [0.25, 0.3) is 11.5 Å². The minimum absolute atomic E-state index is 0.00830. The van der Waals surface area contributed by atoms with Crippen molar-refractivity contribution >= 4 is 11.6 Å². The van der Waals surface area contributed by atoms with E-state index in [1.54, 1.807) is 7.11 Å². The summed E-state index contributed by atoms with van der Waals surface area (Å²) in [6, 6.07) is 6.98. The van der Waals surface area contributed by atoms with E-state index in [9.17, 15) is 14.4 Å². The smallest absolute Gasteiger partial charge is 0.328 e. The number of fused-ring (bicyclic) bond motifs is 1. The average Bonchev–Trinajstić information content (AvgIpc) is 3.20. The van der Waals surface area contributed by atoms with Crippen molar-refractivity contribution in [3.05, 3.63) is 56.4 Å². The number of hydrazine groups is 1. The quantitative estimate of drug-likeness (QED) is 0.501. The molecule has 0 spiro atoms. The van der Waals surface area contributed by atoms with Crippen molar-refractivity contribution in [1.29, 1.82) is 0 Å². The lowest BCUT2D eigenvalue weighted by molar-refractivity contribution is -0.120. The number of H-pyrrole nitrogens is 1. The van der Waals surface area contributed by atoms with E-state index in [1.807, 2.05) is 24.3 Å². The Labute approximate surface area is 180 Å². The maximum Gasteiger partial charge on any atom is 0.328 e. The second-order valence-corrected chi connectivity index (χ2v) is 8.16. The summed E-state index contributed by atoms with van der Waals surface area (Å²) in [6.07, 6.45) is 6.23. The van der Waals surface area contributed by atoms with Crippen molar-refractivity contribution in [2.24, 2.45) is 0 Å². The molecule has 1 aromatic carbocycles. The topological polar surface area (TPSA) is 117 Å². The van der Waals surface area contributed by atoms with Gasteiger partial charge in [-0.15, -0.1) is 0 Å². The second kappa shape index (κ2) is 9.38. The Balaban J connectivity index is 1.36. The minimum atomic E-state index is -0.350. The molecule has 9 heteroatoms. The lowest BCUT2D eigenvalue weighted by Crippen LogP contribution is -2.44. The number of hydrogen-bond donors (Lipinski definition) is 4. The molecule has 0 aliphatic heterocycles. The van der Waals surface area contributed by atoms with Gasteiger partial charge in [0, 0.05) is 23.0 Å². The Morgan fingerprint density at radius 2 is 1.87 bits per heavy atom. The number of nitrogens with one attached hydrogen (secondary N) is 4. The van der Waals surface area contributed by atoms with Crippen LogP contribution in [0.2, 0.25) is 0 Å². The highest BCUT2D eigenvalue weighted by Gasteiger charge is 2.30. The molecule has 1 atom stereocenters. The number of hydrogen-bond acceptors (Lipinski definition) is 6. The number of aromatic nitrogens is 2. The molecular formula is C22H29N5O4. The van der Waals surface area contributed by atoms with Gasteiger partial charge in [0.15, 0.2) is 0 Å². The third kappa shape index (κ3) is 4.66. The van der Waals surface area contributed by atoms with Crippen LogP contribution in [0.3, 0.4) is 0 Å². The predicted octanol–water partition coefficient (Wildman–Crippen LogP) is 1.77. The zero-order valence-corrected chi connectivity index (χ0v) is 17.7. The van der Waals surface area contributed by atoms with Crippen LogP contribution in [-0.2, 0) is 11.2 Å². The van der Waals surface area contributed by atoms with Crippen LogP contribution in [0, 0.1) is 0 Å². The average molecular weight is 428 g/mol. The first-order valence-corrected chi connectivity index (χ1v) is 10.9. The fourth-order valence-corrected chi connectivity index (χ4v) is 4.49. The molecule has 166 valence electrons. The van der Waals surface area contributed by atoms with E-state index >= 15 is 0 Å². The molecule has 1 unspecified atom stereocenters. The van der Waals surface area contributed by atoms with Crippen molar-refractivity contribution in [2.45, 2.75) is 57.0 Å². The van der Waals surface area contributed by atoms with Crippen LogP contribution in [0.15, 0.2) is 33.9 Å². The molecule has 1 fully saturated rings. The first-order valence-electron chi connectivity index (χ1n) is 10.9. The van der Waals surface area contributed by atoms with Crippen LogP contribution >= 0.6 is 0 Å². The molecule has 9 nitrogen and oxygen atoms in total. The Bertz CT molecular complexity index is 1040. The van der Waals surface area contributed by atoms with Crippen LogP contribution in [0.4, 0.5) is 5.69 Å². The Hall–Kier alpha value is -3.07. The van der Waals surface area contributed by atoms with E-state index in [1.165, 1.54) is 4.57 Å². The zero-order chi connectivity index (χ0) is 21.8. The molecule has 0 bridgehead atoms. The normalized spacial score (nSPS) is 18.4. The van der Waals surface area contributed by atoms with Gasteiger partial charge in [0.1, 0.15) is 5.75 Å². The fraction of sp³-hybridized carbons (Fsp3) is 0.500. The molecule has 2 aliphatic carbocycles. The second-order valence-electron chi connectivity index (χ2n) is 8.16. The van der Waals surface area contributed by atoms with Crippen molar-refractivity contribution in [3.63, 3.8) is 0 Å². The number of benzene rings is 1. The molecule has 2 aromatic rings. The van der Waals surface area contributed by atoms with E-state index in [2.05, 4.69) is 21.2 Å². The summed E-state index contributed by atoms with van der Waals surface area (Å²) in [5.41, 5.74) is 7.14. The number of methoxy groups -OCH3 is 1. The molecule has 1 saturated carbocycles. The minimum Gasteiger partial charge on any atom is -0.497 e. The van der Waals surface area contributed by atoms with Crippen LogP contribution in [0.5, 0.6) is 5.75 Å². The van der Waals surface area contributed by atoms with Crippen molar-refractivity contribution in [1.82, 2.24) is 20.4 Å². The summed E-state index contributed by atoms with van der Waals surface area (Å²) in [7, 11) is 1.60. The van der Waals surface area contributed by atoms with Crippen LogP contribution in [0.25, 0.3) is 0 Å². The number of anilines is 1. The van der Waals surface area contributed by atoms with Gasteiger partial charge < -0.3 is 15.0 Å². The van der Waals surface area contributed by atoms with E-state index in [0.29, 0.717) is 24.1 Å². The number of carbonyl (C=O) groups excluding carboxylic acids is 1. The van der Waals surface area contributed by atoms with E-state index in [-0.39, 0.29) is 35.8 Å². The summed E-state index contributed by atoms with van der Waals surface area (Å²) < 4.78 is 6.53. The summed E-state index contributed by atoms with van der Waals surface area (Å²) >= 11 is 0. The summed E-state index contributed by atoms with van der Waals surface area (Å²) in [5, 5.41) is 3.03. The summed E-state index contributed by atoms with van der Waals surface area (Å²) in [4.78, 5) is 40.7. The van der Waals surface area contributed by atoms with Gasteiger partial charge >= 0.3 is 5.69 Å². The zero-order valence-electron chi connectivity index (χ0n) is 17.7. The lowest BCUT2D eigenvalue weighted by Gasteiger charge is -2.23. The lowest BCUT2D eigenvalue weighted by atomic mass is 9.95. The van der Waals surface area contributed by atoms with Crippen LogP contribution < -0.4 is 32.2 Å². The SMILES string of the molecule is COc1ccc(NCC(=O)NNC2CCc3c2[nH]c(=O)n(C2CCCCC2)c3=O)cc1. The van der Waals surface area contributed by atoms with Crippen molar-refractivity contribution < 1.29 is 9.53 Å². The number of amides is 1. The third-order valence-electron chi connectivity index (χ3n) is 6.16. The molecule has 1 aromatic heterocycles. The molecule has 1 heterocycles. The number of rotatable bonds is 7. The number of ether oxygens (including phenoxy) is 1. The Morgan fingerprint density at radius 1 is 1.13 bits per heavy atom. The van der Waals surface area contributed by atoms with E-state index < -0.39 is 0 Å². The number of aromatic amines is 1. The number of nitrogens with zero attached hydrogens (tertiary/aromatic N) is 1. The van der Waals surface area contributed by atoms with Gasteiger partial charge in [-0.2, -0.15) is 0 Å². The summed E-state index contributed by atoms with van der Waals surface area (Å²) in [6.45, 7) is 0.0820. The summed E-state index contributed by atoms with van der Waals surface area (Å²) in [5.74, 6) is 0.496. The van der Waals surface area contributed by atoms with Gasteiger partial charge in [0.05, 0.1) is 19.7 Å². The first-order chi connectivity index (χ1) is 15.1. The van der Waals surface area contributed by atoms with Gasteiger partial charge in [0.2, 0.25) is 0 Å². The first kappa shape index (κ1) is 21.2. The van der Waals surface area contributed by atoms with Gasteiger partial charge in [-0.25, -0.2) is 10.2 Å². The molecule has 2 aliphatic rings. The molecule has 0 radical (unpaired) electrons. The van der Waals surface area contributed by atoms with E-state index in [0.717, 1.165) is 43.5 Å². The van der Waals surface area contributed by atoms with Crippen molar-refractivity contribution in [2.75, 3.05) is 19.0 Å². The maximum absolute atomic E-state index is 13.0. The molecule has 4 rings (SSSR count). The predicted molar refractivity (Wildman–Crippen MR) is 117 cm³/mol. The van der Waals surface area contributed by atoms with Gasteiger partial charge in [-0.1, -0.05) is 19.3 Å². The fourth-order valence-electron chi connectivity index (χ4n) is 4.49. The Morgan fingerprint density at radius 3 is 2.58 bits per heavy atom. The highest BCUT2D eigenvalue weighted by molar-refractivity contribution is 5.80. The van der Waals surface area contributed by atoms with Crippen LogP contribution in [-0.4, -0.2) is 29.1 Å². The highest BCUT2D eigenvalue weighted by atomic mass is 16.5. The van der Waals surface area contributed by atoms with Crippen molar-refractivity contribution in [3.8, 4) is 5.75 Å². The molecule has 0 saturated heterocycles. The third-order valence-corrected chi connectivity index (χ3v) is 6.16. The number of carbonyl (C=O) groups is 1. The van der Waals surface area contributed by atoms with Crippen LogP contribution in [0.1, 0.15) is 61.9 Å². The Kier molecular flexibility index (Phi) is 6.41. The monoisotopic (exact) mass is 427 g/mol. The highest BCUT2D eigenvalue weighted by Crippen LogP contribution is 2.29. The standard InChI is InChI=1S/C22H29N5O4/c1-31-16-9-7-14(8-10-16)23-13-19(28)26-25-18-12-11-17-20(18)24-22(30)27(21(17)29)15-5-3-2-4-6-15/h7-10,15,18,23,25H,2-6,11-13H2,1H3,(H,24,30)(H,26,28). The molecule has 4 N–H and O–H groups in total. The molecule has 31 heavy (non-hydrogen) atoms. The molecule has 1 amide bonds. The molecular weight excluding hydrogens is 398 g/mol.